The van der Waals surface area contributed by atoms with E-state index in [0.29, 0.717) is 11.5 Å². The molecule has 2 nitrogen and oxygen atoms in total. The lowest BCUT2D eigenvalue weighted by Gasteiger charge is -2.28. The average molecular weight is 208 g/mol. The fourth-order valence-electron chi connectivity index (χ4n) is 2.18. The van der Waals surface area contributed by atoms with Gasteiger partial charge in [-0.2, -0.15) is 0 Å². The fraction of sp³-hybridized carbons (Fsp3) is 0.500. The predicted molar refractivity (Wildman–Crippen MR) is 58.9 cm³/mol. The molecule has 1 fully saturated rings. The van der Waals surface area contributed by atoms with Gasteiger partial charge in [0, 0.05) is 11.6 Å². The van der Waals surface area contributed by atoms with Crippen LogP contribution in [0.2, 0.25) is 0 Å². The summed E-state index contributed by atoms with van der Waals surface area (Å²) in [6.07, 6.45) is 2.22. The second kappa shape index (κ2) is 4.73. The molecule has 3 N–H and O–H groups in total. The van der Waals surface area contributed by atoms with Gasteiger partial charge in [0.2, 0.25) is 0 Å². The minimum Gasteiger partial charge on any atom is -0.324 e. The Kier molecular flexibility index (Phi) is 3.34. The number of nitrogens with two attached hydrogens (primary N) is 1. The van der Waals surface area contributed by atoms with E-state index in [1.165, 1.54) is 6.07 Å². The Labute approximate surface area is 89.7 Å². The van der Waals surface area contributed by atoms with Crippen LogP contribution >= 0.6 is 0 Å². The van der Waals surface area contributed by atoms with E-state index in [9.17, 15) is 4.39 Å². The third-order valence-corrected chi connectivity index (χ3v) is 3.11. The molecule has 0 radical (unpaired) electrons. The molecule has 0 spiro atoms. The van der Waals surface area contributed by atoms with Crippen LogP contribution < -0.4 is 11.1 Å². The number of nitrogens with one attached hydrogen (secondary N) is 1. The summed E-state index contributed by atoms with van der Waals surface area (Å²) in [5, 5.41) is 3.30. The van der Waals surface area contributed by atoms with Gasteiger partial charge in [-0.3, -0.25) is 0 Å². The van der Waals surface area contributed by atoms with Crippen LogP contribution in [0.25, 0.3) is 0 Å². The summed E-state index contributed by atoms with van der Waals surface area (Å²) in [6, 6.07) is 6.62. The van der Waals surface area contributed by atoms with Crippen molar-refractivity contribution in [3.05, 3.63) is 35.6 Å². The van der Waals surface area contributed by atoms with E-state index >= 15 is 0 Å². The number of benzene rings is 1. The van der Waals surface area contributed by atoms with Crippen molar-refractivity contribution in [3.63, 3.8) is 0 Å². The molecule has 1 heterocycles. The monoisotopic (exact) mass is 208 g/mol. The highest BCUT2D eigenvalue weighted by molar-refractivity contribution is 5.21. The van der Waals surface area contributed by atoms with Gasteiger partial charge >= 0.3 is 0 Å². The van der Waals surface area contributed by atoms with E-state index in [0.717, 1.165) is 25.9 Å². The average Bonchev–Trinajstić information content (AvgIpc) is 2.30. The van der Waals surface area contributed by atoms with E-state index < -0.39 is 0 Å². The van der Waals surface area contributed by atoms with Crippen molar-refractivity contribution >= 4 is 0 Å². The Hall–Kier alpha value is -0.930. The Morgan fingerprint density at radius 2 is 2.20 bits per heavy atom. The smallest absolute Gasteiger partial charge is 0.127 e. The van der Waals surface area contributed by atoms with E-state index in [4.69, 9.17) is 5.73 Å². The van der Waals surface area contributed by atoms with Crippen LogP contribution in [0, 0.1) is 11.7 Å². The summed E-state index contributed by atoms with van der Waals surface area (Å²) in [7, 11) is 0. The van der Waals surface area contributed by atoms with Crippen molar-refractivity contribution in [2.24, 2.45) is 11.7 Å². The zero-order valence-corrected chi connectivity index (χ0v) is 8.75. The fourth-order valence-corrected chi connectivity index (χ4v) is 2.18. The first-order valence-electron chi connectivity index (χ1n) is 5.50. The molecule has 0 aromatic heterocycles. The van der Waals surface area contributed by atoms with Gasteiger partial charge in [0.25, 0.3) is 0 Å². The van der Waals surface area contributed by atoms with Gasteiger partial charge in [0.15, 0.2) is 0 Å². The van der Waals surface area contributed by atoms with Crippen LogP contribution in [0.3, 0.4) is 0 Å². The Bertz CT molecular complexity index is 321. The van der Waals surface area contributed by atoms with E-state index in [1.807, 2.05) is 6.07 Å². The molecule has 82 valence electrons. The molecule has 0 amide bonds. The van der Waals surface area contributed by atoms with Crippen LogP contribution in [0.4, 0.5) is 4.39 Å². The highest BCUT2D eigenvalue weighted by Crippen LogP contribution is 2.26. The van der Waals surface area contributed by atoms with Crippen LogP contribution in [0.5, 0.6) is 0 Å². The van der Waals surface area contributed by atoms with Gasteiger partial charge in [-0.05, 0) is 37.9 Å². The lowest BCUT2D eigenvalue weighted by molar-refractivity contribution is 0.321. The van der Waals surface area contributed by atoms with E-state index in [1.54, 1.807) is 12.1 Å². The van der Waals surface area contributed by atoms with E-state index in [-0.39, 0.29) is 11.9 Å². The number of halogens is 1. The third-order valence-electron chi connectivity index (χ3n) is 3.11. The van der Waals surface area contributed by atoms with Crippen LogP contribution in [-0.4, -0.2) is 13.1 Å². The second-order valence-corrected chi connectivity index (χ2v) is 4.15. The zero-order valence-electron chi connectivity index (χ0n) is 8.75. The molecule has 0 aliphatic carbocycles. The highest BCUT2D eigenvalue weighted by atomic mass is 19.1. The summed E-state index contributed by atoms with van der Waals surface area (Å²) in [6.45, 7) is 1.95. The predicted octanol–water partition coefficient (Wildman–Crippen LogP) is 1.83. The largest absolute Gasteiger partial charge is 0.324 e. The topological polar surface area (TPSA) is 38.0 Å². The van der Waals surface area contributed by atoms with Crippen LogP contribution in [0.15, 0.2) is 24.3 Å². The quantitative estimate of drug-likeness (QED) is 0.778. The molecule has 0 saturated carbocycles. The molecular formula is C12H17FN2. The summed E-state index contributed by atoms with van der Waals surface area (Å²) in [5.74, 6) is 0.172. The number of rotatable bonds is 2. The van der Waals surface area contributed by atoms with Gasteiger partial charge in [0.1, 0.15) is 5.82 Å². The number of hydrogen-bond acceptors (Lipinski definition) is 2. The van der Waals surface area contributed by atoms with Crippen LogP contribution in [-0.2, 0) is 0 Å². The molecule has 1 aromatic carbocycles. The molecule has 2 atom stereocenters. The van der Waals surface area contributed by atoms with Crippen LogP contribution in [0.1, 0.15) is 24.4 Å². The molecule has 0 bridgehead atoms. The van der Waals surface area contributed by atoms with Crippen molar-refractivity contribution in [1.29, 1.82) is 0 Å². The normalized spacial score (nSPS) is 23.7. The number of piperidine rings is 1. The molecule has 1 saturated heterocycles. The summed E-state index contributed by atoms with van der Waals surface area (Å²) in [5.41, 5.74) is 6.74. The maximum absolute atomic E-state index is 13.5. The van der Waals surface area contributed by atoms with E-state index in [2.05, 4.69) is 5.32 Å². The molecule has 1 aromatic rings. The van der Waals surface area contributed by atoms with Gasteiger partial charge in [-0.1, -0.05) is 18.2 Å². The molecule has 15 heavy (non-hydrogen) atoms. The zero-order chi connectivity index (χ0) is 10.7. The minimum atomic E-state index is -0.185. The molecule has 1 aliphatic rings. The standard InChI is InChI=1S/C12H17FN2/c13-11-6-2-1-5-10(11)12(14)9-4-3-7-15-8-9/h1-2,5-6,9,12,15H,3-4,7-8,14H2. The molecule has 2 unspecified atom stereocenters. The molecule has 2 rings (SSSR count). The molecular weight excluding hydrogens is 191 g/mol. The van der Waals surface area contributed by atoms with Crippen molar-refractivity contribution < 1.29 is 4.39 Å². The van der Waals surface area contributed by atoms with Gasteiger partial charge in [0.05, 0.1) is 0 Å². The summed E-state index contributed by atoms with van der Waals surface area (Å²) in [4.78, 5) is 0. The van der Waals surface area contributed by atoms with Crippen molar-refractivity contribution in [2.45, 2.75) is 18.9 Å². The first-order chi connectivity index (χ1) is 7.29. The second-order valence-electron chi connectivity index (χ2n) is 4.15. The van der Waals surface area contributed by atoms with Crippen molar-refractivity contribution in [3.8, 4) is 0 Å². The maximum atomic E-state index is 13.5. The minimum absolute atomic E-state index is 0.181. The molecule has 1 aliphatic heterocycles. The maximum Gasteiger partial charge on any atom is 0.127 e. The Morgan fingerprint density at radius 3 is 2.87 bits per heavy atom. The SMILES string of the molecule is NC(c1ccccc1F)C1CCCNC1. The third kappa shape index (κ3) is 2.36. The molecule has 3 heteroatoms. The lowest BCUT2D eigenvalue weighted by Crippen LogP contribution is -2.36. The first-order valence-corrected chi connectivity index (χ1v) is 5.50. The van der Waals surface area contributed by atoms with Gasteiger partial charge < -0.3 is 11.1 Å². The lowest BCUT2D eigenvalue weighted by atomic mass is 9.88. The Morgan fingerprint density at radius 1 is 1.40 bits per heavy atom. The van der Waals surface area contributed by atoms with Crippen molar-refractivity contribution in [2.75, 3.05) is 13.1 Å². The first kappa shape index (κ1) is 10.6. The summed E-state index contributed by atoms with van der Waals surface area (Å²) < 4.78 is 13.5. The summed E-state index contributed by atoms with van der Waals surface area (Å²) >= 11 is 0. The van der Waals surface area contributed by atoms with Gasteiger partial charge in [-0.15, -0.1) is 0 Å². The van der Waals surface area contributed by atoms with Crippen molar-refractivity contribution in [1.82, 2.24) is 5.32 Å². The Balaban J connectivity index is 2.12. The highest BCUT2D eigenvalue weighted by Gasteiger charge is 2.23. The van der Waals surface area contributed by atoms with Gasteiger partial charge in [-0.25, -0.2) is 4.39 Å². The number of hydrogen-bond donors (Lipinski definition) is 2.